The number of hydrogen-bond donors (Lipinski definition) is 0. The average molecular weight is 421 g/mol. The second-order valence-electron chi connectivity index (χ2n) is 6.65. The fraction of sp³-hybridized carbons (Fsp3) is 0.500. The van der Waals surface area contributed by atoms with Gasteiger partial charge in [-0.25, -0.2) is 8.42 Å². The third kappa shape index (κ3) is 4.15. The van der Waals surface area contributed by atoms with E-state index in [2.05, 4.69) is 4.99 Å². The molecule has 9 heteroatoms. The van der Waals surface area contributed by atoms with E-state index in [9.17, 15) is 13.2 Å². The van der Waals surface area contributed by atoms with E-state index < -0.39 is 9.84 Å². The number of carbonyl (C=O) groups is 1. The molecule has 1 aromatic carbocycles. The average Bonchev–Trinajstić information content (AvgIpc) is 2.90. The third-order valence-electron chi connectivity index (χ3n) is 4.04. The quantitative estimate of drug-likeness (QED) is 0.746. The Kier molecular flexibility index (Phi) is 5.40. The van der Waals surface area contributed by atoms with Crippen molar-refractivity contribution < 1.29 is 13.2 Å². The van der Waals surface area contributed by atoms with Crippen LogP contribution in [0.15, 0.2) is 23.2 Å². The number of hydrogen-bond acceptors (Lipinski definition) is 4. The molecule has 2 fully saturated rings. The molecule has 2 saturated heterocycles. The minimum Gasteiger partial charge on any atom is -0.314 e. The van der Waals surface area contributed by atoms with Crippen molar-refractivity contribution in [3.05, 3.63) is 28.2 Å². The highest BCUT2D eigenvalue weighted by atomic mass is 35.5. The number of amidine groups is 1. The van der Waals surface area contributed by atoms with Crippen LogP contribution in [0, 0.1) is 5.92 Å². The first-order valence-electron chi connectivity index (χ1n) is 7.89. The Balaban J connectivity index is 2.01. The zero-order valence-corrected chi connectivity index (χ0v) is 16.9. The molecule has 0 unspecified atom stereocenters. The summed E-state index contributed by atoms with van der Waals surface area (Å²) in [5.74, 6) is 0.105. The van der Waals surface area contributed by atoms with Crippen molar-refractivity contribution >= 4 is 61.6 Å². The molecule has 25 heavy (non-hydrogen) atoms. The molecule has 3 rings (SSSR count). The Bertz CT molecular complexity index is 840. The van der Waals surface area contributed by atoms with Crippen LogP contribution in [0.4, 0.5) is 5.69 Å². The SMILES string of the molecule is CC(C)CC(=O)N=C1S[C@H]2CS(=O)(=O)C[C@H]2N1c1ccc(Cl)cc1Cl. The van der Waals surface area contributed by atoms with E-state index in [1.165, 1.54) is 11.8 Å². The summed E-state index contributed by atoms with van der Waals surface area (Å²) >= 11 is 13.6. The van der Waals surface area contributed by atoms with Crippen molar-refractivity contribution in [2.45, 2.75) is 31.6 Å². The topological polar surface area (TPSA) is 66.8 Å². The first kappa shape index (κ1) is 19.0. The molecule has 0 aliphatic carbocycles. The van der Waals surface area contributed by atoms with Gasteiger partial charge in [0, 0.05) is 16.7 Å². The van der Waals surface area contributed by atoms with Gasteiger partial charge in [0.25, 0.3) is 0 Å². The van der Waals surface area contributed by atoms with Crippen molar-refractivity contribution in [1.82, 2.24) is 0 Å². The monoisotopic (exact) mass is 420 g/mol. The van der Waals surface area contributed by atoms with E-state index in [4.69, 9.17) is 23.2 Å². The molecule has 1 amide bonds. The van der Waals surface area contributed by atoms with Crippen LogP contribution in [-0.4, -0.2) is 42.3 Å². The van der Waals surface area contributed by atoms with Crippen LogP contribution in [0.2, 0.25) is 10.0 Å². The fourth-order valence-electron chi connectivity index (χ4n) is 3.02. The van der Waals surface area contributed by atoms with Crippen LogP contribution in [0.25, 0.3) is 0 Å². The number of benzene rings is 1. The molecule has 2 aliphatic rings. The number of anilines is 1. The summed E-state index contributed by atoms with van der Waals surface area (Å²) in [5, 5.41) is 1.26. The number of sulfone groups is 1. The molecule has 2 heterocycles. The van der Waals surface area contributed by atoms with Gasteiger partial charge in [-0.3, -0.25) is 4.79 Å². The van der Waals surface area contributed by atoms with Gasteiger partial charge in [-0.1, -0.05) is 48.8 Å². The number of nitrogens with zero attached hydrogens (tertiary/aromatic N) is 2. The van der Waals surface area contributed by atoms with Gasteiger partial charge in [0.15, 0.2) is 15.0 Å². The summed E-state index contributed by atoms with van der Waals surface area (Å²) in [6.07, 6.45) is 0.347. The molecule has 0 spiro atoms. The number of rotatable bonds is 3. The lowest BCUT2D eigenvalue weighted by molar-refractivity contribution is -0.118. The van der Waals surface area contributed by atoms with Crippen molar-refractivity contribution in [2.75, 3.05) is 16.4 Å². The standard InChI is InChI=1S/C16H18Cl2N2O3S2/c1-9(2)5-15(21)19-16-20(12-4-3-10(17)6-11(12)18)13-7-25(22,23)8-14(13)24-16/h3-4,6,9,13-14H,5,7-8H2,1-2H3/t13-,14+/m1/s1. The van der Waals surface area contributed by atoms with E-state index in [1.807, 2.05) is 13.8 Å². The highest BCUT2D eigenvalue weighted by Crippen LogP contribution is 2.43. The predicted octanol–water partition coefficient (Wildman–Crippen LogP) is 3.64. The Hall–Kier alpha value is -0.760. The van der Waals surface area contributed by atoms with Crippen LogP contribution in [0.1, 0.15) is 20.3 Å². The number of thioether (sulfide) groups is 1. The van der Waals surface area contributed by atoms with Crippen LogP contribution >= 0.6 is 35.0 Å². The molecule has 0 aromatic heterocycles. The van der Waals surface area contributed by atoms with Gasteiger partial charge in [-0.05, 0) is 24.1 Å². The van der Waals surface area contributed by atoms with Crippen molar-refractivity contribution in [3.8, 4) is 0 Å². The largest absolute Gasteiger partial charge is 0.314 e. The molecular formula is C16H18Cl2N2O3S2. The summed E-state index contributed by atoms with van der Waals surface area (Å²) in [6.45, 7) is 3.91. The summed E-state index contributed by atoms with van der Waals surface area (Å²) < 4.78 is 24.1. The molecule has 5 nitrogen and oxygen atoms in total. The maximum Gasteiger partial charge on any atom is 0.248 e. The number of halogens is 2. The zero-order valence-electron chi connectivity index (χ0n) is 13.8. The normalized spacial score (nSPS) is 26.4. The second-order valence-corrected chi connectivity index (χ2v) is 10.9. The van der Waals surface area contributed by atoms with E-state index >= 15 is 0 Å². The van der Waals surface area contributed by atoms with E-state index in [0.29, 0.717) is 27.3 Å². The van der Waals surface area contributed by atoms with Crippen LogP contribution < -0.4 is 4.90 Å². The van der Waals surface area contributed by atoms with Gasteiger partial charge in [-0.2, -0.15) is 4.99 Å². The smallest absolute Gasteiger partial charge is 0.248 e. The van der Waals surface area contributed by atoms with Crippen LogP contribution in [0.5, 0.6) is 0 Å². The molecule has 0 saturated carbocycles. The first-order chi connectivity index (χ1) is 11.7. The summed E-state index contributed by atoms with van der Waals surface area (Å²) in [7, 11) is -3.11. The molecule has 136 valence electrons. The minimum atomic E-state index is -3.11. The van der Waals surface area contributed by atoms with Crippen LogP contribution in [-0.2, 0) is 14.6 Å². The zero-order chi connectivity index (χ0) is 18.4. The van der Waals surface area contributed by atoms with Crippen molar-refractivity contribution in [3.63, 3.8) is 0 Å². The van der Waals surface area contributed by atoms with E-state index in [0.717, 1.165) is 0 Å². The van der Waals surface area contributed by atoms with Gasteiger partial charge in [-0.15, -0.1) is 0 Å². The number of fused-ring (bicyclic) bond motifs is 1. The van der Waals surface area contributed by atoms with Gasteiger partial charge in [0.1, 0.15) is 0 Å². The minimum absolute atomic E-state index is 0.0288. The summed E-state index contributed by atoms with van der Waals surface area (Å²) in [5.41, 5.74) is 0.624. The molecule has 0 radical (unpaired) electrons. The lowest BCUT2D eigenvalue weighted by Crippen LogP contribution is -2.38. The molecule has 0 N–H and O–H groups in total. The highest BCUT2D eigenvalue weighted by molar-refractivity contribution is 8.16. The summed E-state index contributed by atoms with van der Waals surface area (Å²) in [6, 6.07) is 4.76. The van der Waals surface area contributed by atoms with Crippen molar-refractivity contribution in [1.29, 1.82) is 0 Å². The molecule has 1 aromatic rings. The van der Waals surface area contributed by atoms with Gasteiger partial charge < -0.3 is 4.90 Å². The molecule has 2 aliphatic heterocycles. The van der Waals surface area contributed by atoms with Crippen molar-refractivity contribution in [2.24, 2.45) is 10.9 Å². The van der Waals surface area contributed by atoms with Gasteiger partial charge in [0.2, 0.25) is 5.91 Å². The number of aliphatic imine (C=N–C) groups is 1. The molecule has 0 bridgehead atoms. The number of carbonyl (C=O) groups excluding carboxylic acids is 1. The second kappa shape index (κ2) is 7.10. The summed E-state index contributed by atoms with van der Waals surface area (Å²) in [4.78, 5) is 18.2. The lowest BCUT2D eigenvalue weighted by atomic mass is 10.1. The Labute approximate surface area is 161 Å². The highest BCUT2D eigenvalue weighted by Gasteiger charge is 2.49. The van der Waals surface area contributed by atoms with Gasteiger partial charge >= 0.3 is 0 Å². The Morgan fingerprint density at radius 3 is 2.72 bits per heavy atom. The maximum atomic E-state index is 12.2. The van der Waals surface area contributed by atoms with E-state index in [1.54, 1.807) is 23.1 Å². The van der Waals surface area contributed by atoms with Crippen LogP contribution in [0.3, 0.4) is 0 Å². The number of amides is 1. The maximum absolute atomic E-state index is 12.2. The first-order valence-corrected chi connectivity index (χ1v) is 11.3. The predicted molar refractivity (Wildman–Crippen MR) is 105 cm³/mol. The van der Waals surface area contributed by atoms with Gasteiger partial charge in [0.05, 0.1) is 28.3 Å². The third-order valence-corrected chi connectivity index (χ3v) is 7.79. The van der Waals surface area contributed by atoms with E-state index in [-0.39, 0.29) is 34.6 Å². The lowest BCUT2D eigenvalue weighted by Gasteiger charge is -2.25. The fourth-order valence-corrected chi connectivity index (χ4v) is 7.45. The molecular weight excluding hydrogens is 403 g/mol. The Morgan fingerprint density at radius 1 is 1.36 bits per heavy atom. The molecule has 2 atom stereocenters. The Morgan fingerprint density at radius 2 is 2.08 bits per heavy atom.